The molecule has 1 aromatic heterocycles. The van der Waals surface area contributed by atoms with Gasteiger partial charge in [0.2, 0.25) is 0 Å². The Morgan fingerprint density at radius 2 is 1.83 bits per heavy atom. The van der Waals surface area contributed by atoms with E-state index < -0.39 is 0 Å². The molecule has 2 rings (SSSR count). The number of amides is 2. The van der Waals surface area contributed by atoms with Gasteiger partial charge in [0, 0.05) is 36.4 Å². The molecule has 0 unspecified atom stereocenters. The minimum atomic E-state index is -0.108. The molecule has 2 N–H and O–H groups in total. The van der Waals surface area contributed by atoms with Crippen molar-refractivity contribution in [1.29, 1.82) is 0 Å². The Bertz CT molecular complexity index is 558. The van der Waals surface area contributed by atoms with Gasteiger partial charge in [-0.05, 0) is 60.5 Å². The van der Waals surface area contributed by atoms with Crippen LogP contribution in [-0.2, 0) is 13.1 Å². The van der Waals surface area contributed by atoms with Crippen LogP contribution in [0.3, 0.4) is 0 Å². The number of likely N-dealkylation sites (tertiary alicyclic amines) is 1. The van der Waals surface area contributed by atoms with Gasteiger partial charge < -0.3 is 10.6 Å². The van der Waals surface area contributed by atoms with Crippen LogP contribution in [-0.4, -0.2) is 45.9 Å². The van der Waals surface area contributed by atoms with Gasteiger partial charge in [-0.3, -0.25) is 9.58 Å². The van der Waals surface area contributed by atoms with Crippen LogP contribution in [0, 0.1) is 13.8 Å². The number of piperidine rings is 1. The molecule has 0 aromatic carbocycles. The fourth-order valence-corrected chi connectivity index (χ4v) is 3.44. The summed E-state index contributed by atoms with van der Waals surface area (Å²) in [6, 6.07) is -0.108. The van der Waals surface area contributed by atoms with E-state index in [1.807, 2.05) is 11.6 Å². The standard InChI is InChI=1S/C18H33N5O/c1-6-23-15(3)16(14(2)21-23)12-19-17(24)20-13-18(4,5)22-10-8-7-9-11-22/h6-13H2,1-5H3,(H2,19,20,24). The Morgan fingerprint density at radius 1 is 1.17 bits per heavy atom. The SMILES string of the molecule is CCn1nc(C)c(CNC(=O)NCC(C)(C)N2CCCCC2)c1C. The summed E-state index contributed by atoms with van der Waals surface area (Å²) >= 11 is 0. The first kappa shape index (κ1) is 18.8. The second-order valence-electron chi connectivity index (χ2n) is 7.36. The molecule has 0 radical (unpaired) electrons. The van der Waals surface area contributed by atoms with Gasteiger partial charge in [-0.2, -0.15) is 5.10 Å². The van der Waals surface area contributed by atoms with Crippen molar-refractivity contribution in [3.63, 3.8) is 0 Å². The van der Waals surface area contributed by atoms with Crippen LogP contribution in [0.1, 0.15) is 57.0 Å². The molecule has 136 valence electrons. The number of carbonyl (C=O) groups is 1. The zero-order chi connectivity index (χ0) is 17.7. The predicted molar refractivity (Wildman–Crippen MR) is 97.1 cm³/mol. The van der Waals surface area contributed by atoms with Crippen LogP contribution in [0.25, 0.3) is 0 Å². The molecular formula is C18H33N5O. The van der Waals surface area contributed by atoms with Gasteiger partial charge in [-0.1, -0.05) is 6.42 Å². The van der Waals surface area contributed by atoms with E-state index in [0.717, 1.165) is 36.6 Å². The second kappa shape index (κ2) is 8.01. The highest BCUT2D eigenvalue weighted by Gasteiger charge is 2.28. The van der Waals surface area contributed by atoms with Crippen molar-refractivity contribution in [3.8, 4) is 0 Å². The average Bonchev–Trinajstić information content (AvgIpc) is 2.85. The lowest BCUT2D eigenvalue weighted by Crippen LogP contribution is -2.54. The summed E-state index contributed by atoms with van der Waals surface area (Å²) in [5.41, 5.74) is 3.23. The smallest absolute Gasteiger partial charge is 0.315 e. The van der Waals surface area contributed by atoms with Gasteiger partial charge >= 0.3 is 6.03 Å². The maximum absolute atomic E-state index is 12.2. The minimum Gasteiger partial charge on any atom is -0.336 e. The van der Waals surface area contributed by atoms with Crippen LogP contribution in [0.4, 0.5) is 4.79 Å². The average molecular weight is 335 g/mol. The van der Waals surface area contributed by atoms with Crippen LogP contribution < -0.4 is 10.6 Å². The quantitative estimate of drug-likeness (QED) is 0.840. The highest BCUT2D eigenvalue weighted by molar-refractivity contribution is 5.74. The zero-order valence-electron chi connectivity index (χ0n) is 15.9. The molecule has 0 aliphatic carbocycles. The molecule has 24 heavy (non-hydrogen) atoms. The van der Waals surface area contributed by atoms with Gasteiger partial charge in [0.05, 0.1) is 5.69 Å². The summed E-state index contributed by atoms with van der Waals surface area (Å²) in [5, 5.41) is 10.5. The van der Waals surface area contributed by atoms with E-state index in [4.69, 9.17) is 0 Å². The van der Waals surface area contributed by atoms with Crippen LogP contribution in [0.5, 0.6) is 0 Å². The van der Waals surface area contributed by atoms with Crippen LogP contribution in [0.2, 0.25) is 0 Å². The van der Waals surface area contributed by atoms with Crippen LogP contribution in [0.15, 0.2) is 0 Å². The first-order valence-corrected chi connectivity index (χ1v) is 9.14. The molecule has 0 atom stereocenters. The lowest BCUT2D eigenvalue weighted by atomic mass is 9.98. The van der Waals surface area contributed by atoms with E-state index in [1.165, 1.54) is 19.3 Å². The number of nitrogens with one attached hydrogen (secondary N) is 2. The number of rotatable bonds is 6. The largest absolute Gasteiger partial charge is 0.336 e. The lowest BCUT2D eigenvalue weighted by Gasteiger charge is -2.41. The summed E-state index contributed by atoms with van der Waals surface area (Å²) < 4.78 is 1.98. The minimum absolute atomic E-state index is 0.00329. The zero-order valence-corrected chi connectivity index (χ0v) is 15.9. The van der Waals surface area contributed by atoms with Crippen molar-refractivity contribution in [3.05, 3.63) is 17.0 Å². The highest BCUT2D eigenvalue weighted by Crippen LogP contribution is 2.19. The van der Waals surface area contributed by atoms with Gasteiger partial charge in [0.15, 0.2) is 0 Å². The Hall–Kier alpha value is -1.56. The van der Waals surface area contributed by atoms with Gasteiger partial charge in [0.25, 0.3) is 0 Å². The molecule has 0 saturated carbocycles. The third kappa shape index (κ3) is 4.50. The number of hydrogen-bond donors (Lipinski definition) is 2. The molecule has 1 aliphatic heterocycles. The molecular weight excluding hydrogens is 302 g/mol. The van der Waals surface area contributed by atoms with Gasteiger partial charge in [0.1, 0.15) is 0 Å². The summed E-state index contributed by atoms with van der Waals surface area (Å²) in [6.45, 7) is 14.8. The number of carbonyl (C=O) groups excluding carboxylic acids is 1. The Balaban J connectivity index is 1.82. The topological polar surface area (TPSA) is 62.2 Å². The molecule has 2 amide bonds. The molecule has 0 bridgehead atoms. The van der Waals surface area contributed by atoms with E-state index in [9.17, 15) is 4.79 Å². The van der Waals surface area contributed by atoms with Crippen molar-refractivity contribution in [1.82, 2.24) is 25.3 Å². The fourth-order valence-electron chi connectivity index (χ4n) is 3.44. The van der Waals surface area contributed by atoms with E-state index in [1.54, 1.807) is 0 Å². The first-order chi connectivity index (χ1) is 11.3. The maximum Gasteiger partial charge on any atom is 0.315 e. The molecule has 1 aromatic rings. The first-order valence-electron chi connectivity index (χ1n) is 9.14. The van der Waals surface area contributed by atoms with E-state index in [-0.39, 0.29) is 11.6 Å². The summed E-state index contributed by atoms with van der Waals surface area (Å²) in [6.07, 6.45) is 3.84. The van der Waals surface area contributed by atoms with Crippen LogP contribution >= 0.6 is 0 Å². The fraction of sp³-hybridized carbons (Fsp3) is 0.778. The molecule has 6 nitrogen and oxygen atoms in total. The number of aromatic nitrogens is 2. The summed E-state index contributed by atoms with van der Waals surface area (Å²) in [4.78, 5) is 14.7. The van der Waals surface area contributed by atoms with Crippen molar-refractivity contribution < 1.29 is 4.79 Å². The van der Waals surface area contributed by atoms with Crippen molar-refractivity contribution in [2.75, 3.05) is 19.6 Å². The number of urea groups is 1. The number of hydrogen-bond acceptors (Lipinski definition) is 3. The highest BCUT2D eigenvalue weighted by atomic mass is 16.2. The molecule has 1 saturated heterocycles. The summed E-state index contributed by atoms with van der Waals surface area (Å²) in [5.74, 6) is 0. The maximum atomic E-state index is 12.2. The van der Waals surface area contributed by atoms with Crippen molar-refractivity contribution in [2.24, 2.45) is 0 Å². The van der Waals surface area contributed by atoms with Crippen molar-refractivity contribution >= 4 is 6.03 Å². The monoisotopic (exact) mass is 335 g/mol. The lowest BCUT2D eigenvalue weighted by molar-refractivity contribution is 0.0960. The summed E-state index contributed by atoms with van der Waals surface area (Å²) in [7, 11) is 0. The molecule has 0 spiro atoms. The van der Waals surface area contributed by atoms with E-state index in [2.05, 4.69) is 48.3 Å². The van der Waals surface area contributed by atoms with E-state index in [0.29, 0.717) is 13.1 Å². The Labute approximate surface area is 146 Å². The van der Waals surface area contributed by atoms with E-state index >= 15 is 0 Å². The third-order valence-corrected chi connectivity index (χ3v) is 5.15. The normalized spacial score (nSPS) is 16.2. The molecule has 1 aliphatic rings. The molecule has 1 fully saturated rings. The second-order valence-corrected chi connectivity index (χ2v) is 7.36. The number of nitrogens with zero attached hydrogens (tertiary/aromatic N) is 3. The molecule has 6 heteroatoms. The Morgan fingerprint density at radius 3 is 2.42 bits per heavy atom. The third-order valence-electron chi connectivity index (χ3n) is 5.15. The number of aryl methyl sites for hydroxylation is 2. The molecule has 2 heterocycles. The van der Waals surface area contributed by atoms with Crippen molar-refractivity contribution in [2.45, 2.75) is 72.5 Å². The van der Waals surface area contributed by atoms with Gasteiger partial charge in [-0.15, -0.1) is 0 Å². The predicted octanol–water partition coefficient (Wildman–Crippen LogP) is 2.58. The van der Waals surface area contributed by atoms with Gasteiger partial charge in [-0.25, -0.2) is 4.79 Å². The Kier molecular flexibility index (Phi) is 6.27.